The summed E-state index contributed by atoms with van der Waals surface area (Å²) in [5.74, 6) is -0.758. The molecular weight excluding hydrogens is 265 g/mol. The number of carbonyl (C=O) groups excluding carboxylic acids is 2. The van der Waals surface area contributed by atoms with Gasteiger partial charge in [0.25, 0.3) is 0 Å². The van der Waals surface area contributed by atoms with Crippen molar-refractivity contribution in [3.05, 3.63) is 35.9 Å². The van der Waals surface area contributed by atoms with Gasteiger partial charge in [-0.15, -0.1) is 0 Å². The Kier molecular flexibility index (Phi) is 4.55. The van der Waals surface area contributed by atoms with Gasteiger partial charge in [-0.2, -0.15) is 0 Å². The number of amides is 1. The minimum Gasteiger partial charge on any atom is -0.467 e. The van der Waals surface area contributed by atoms with Crippen molar-refractivity contribution in [2.24, 2.45) is 0 Å². The Balaban J connectivity index is 1.96. The Morgan fingerprint density at radius 3 is 2.70 bits per heavy atom. The second-order valence-electron chi connectivity index (χ2n) is 4.51. The molecule has 0 unspecified atom stereocenters. The number of halogens is 1. The van der Waals surface area contributed by atoms with Crippen molar-refractivity contribution in [3.8, 4) is 0 Å². The van der Waals surface area contributed by atoms with Crippen LogP contribution in [0.15, 0.2) is 30.3 Å². The molecule has 1 aromatic carbocycles. The molecule has 1 aliphatic heterocycles. The maximum absolute atomic E-state index is 13.6. The first-order valence-corrected chi connectivity index (χ1v) is 6.32. The lowest BCUT2D eigenvalue weighted by molar-refractivity contribution is -0.147. The normalized spacial score (nSPS) is 21.6. The van der Waals surface area contributed by atoms with Gasteiger partial charge in [0.05, 0.1) is 7.11 Å². The number of nitrogens with zero attached hydrogens (tertiary/aromatic N) is 1. The van der Waals surface area contributed by atoms with Crippen LogP contribution in [0.25, 0.3) is 0 Å². The Labute approximate surface area is 116 Å². The fourth-order valence-electron chi connectivity index (χ4n) is 2.16. The molecule has 1 fully saturated rings. The molecule has 1 amide bonds. The highest BCUT2D eigenvalue weighted by atomic mass is 19.1. The number of alkyl halides is 1. The maximum Gasteiger partial charge on any atom is 0.410 e. The summed E-state index contributed by atoms with van der Waals surface area (Å²) in [6.45, 7) is 0.232. The van der Waals surface area contributed by atoms with Gasteiger partial charge in [0.2, 0.25) is 0 Å². The molecule has 1 heterocycles. The number of methoxy groups -OCH3 is 1. The molecule has 0 radical (unpaired) electrons. The van der Waals surface area contributed by atoms with E-state index in [4.69, 9.17) is 4.74 Å². The molecule has 0 saturated carbocycles. The van der Waals surface area contributed by atoms with Gasteiger partial charge in [0, 0.05) is 6.54 Å². The molecule has 0 aromatic heterocycles. The molecule has 2 atom stereocenters. The Morgan fingerprint density at radius 1 is 1.35 bits per heavy atom. The van der Waals surface area contributed by atoms with Gasteiger partial charge in [-0.1, -0.05) is 30.3 Å². The molecule has 5 nitrogen and oxygen atoms in total. The van der Waals surface area contributed by atoms with E-state index in [1.165, 1.54) is 7.11 Å². The molecule has 0 N–H and O–H groups in total. The van der Waals surface area contributed by atoms with E-state index in [2.05, 4.69) is 4.74 Å². The largest absolute Gasteiger partial charge is 0.467 e. The number of esters is 1. The number of benzene rings is 1. The van der Waals surface area contributed by atoms with Crippen LogP contribution in [-0.4, -0.2) is 42.8 Å². The number of carbonyl (C=O) groups is 2. The molecule has 1 saturated heterocycles. The van der Waals surface area contributed by atoms with Crippen LogP contribution in [0.2, 0.25) is 0 Å². The molecule has 2 rings (SSSR count). The van der Waals surface area contributed by atoms with Crippen LogP contribution in [0.4, 0.5) is 9.18 Å². The van der Waals surface area contributed by atoms with Gasteiger partial charge >= 0.3 is 12.1 Å². The SMILES string of the molecule is COC(=O)[C@@H]1[C@@H](F)CCN1C(=O)OCc1ccccc1. The second-order valence-corrected chi connectivity index (χ2v) is 4.51. The van der Waals surface area contributed by atoms with Crippen LogP contribution in [0.1, 0.15) is 12.0 Å². The summed E-state index contributed by atoms with van der Waals surface area (Å²) in [6, 6.07) is 7.93. The lowest BCUT2D eigenvalue weighted by atomic mass is 10.2. The molecule has 0 bridgehead atoms. The fraction of sp³-hybridized carbons (Fsp3) is 0.429. The number of rotatable bonds is 3. The number of hydrogen-bond acceptors (Lipinski definition) is 4. The molecular formula is C14H16FNO4. The molecule has 1 aliphatic rings. The molecule has 108 valence electrons. The first-order chi connectivity index (χ1) is 9.63. The zero-order valence-electron chi connectivity index (χ0n) is 11.1. The van der Waals surface area contributed by atoms with Gasteiger partial charge in [-0.05, 0) is 12.0 Å². The Bertz CT molecular complexity index is 479. The predicted octanol–water partition coefficient (Wildman–Crippen LogP) is 1.91. The van der Waals surface area contributed by atoms with Crippen LogP contribution >= 0.6 is 0 Å². The highest BCUT2D eigenvalue weighted by molar-refractivity contribution is 5.82. The minimum absolute atomic E-state index is 0.0843. The lowest BCUT2D eigenvalue weighted by Gasteiger charge is -2.22. The molecule has 20 heavy (non-hydrogen) atoms. The van der Waals surface area contributed by atoms with Gasteiger partial charge in [-0.25, -0.2) is 14.0 Å². The summed E-state index contributed by atoms with van der Waals surface area (Å²) < 4.78 is 23.3. The van der Waals surface area contributed by atoms with E-state index in [0.29, 0.717) is 0 Å². The third-order valence-electron chi connectivity index (χ3n) is 3.21. The van der Waals surface area contributed by atoms with Crippen molar-refractivity contribution in [1.82, 2.24) is 4.90 Å². The van der Waals surface area contributed by atoms with Crippen LogP contribution < -0.4 is 0 Å². The Hall–Kier alpha value is -2.11. The minimum atomic E-state index is -1.41. The standard InChI is InChI=1S/C14H16FNO4/c1-19-13(17)12-11(15)7-8-16(12)14(18)20-9-10-5-3-2-4-6-10/h2-6,11-12H,7-9H2,1H3/t11-,12-/m0/s1. The quantitative estimate of drug-likeness (QED) is 0.794. The van der Waals surface area contributed by atoms with E-state index in [1.807, 2.05) is 30.3 Å². The van der Waals surface area contributed by atoms with Gasteiger partial charge in [-0.3, -0.25) is 4.90 Å². The van der Waals surface area contributed by atoms with Crippen molar-refractivity contribution in [1.29, 1.82) is 0 Å². The summed E-state index contributed by atoms with van der Waals surface area (Å²) in [6.07, 6.45) is -2.00. The average Bonchev–Trinajstić information content (AvgIpc) is 2.87. The summed E-state index contributed by atoms with van der Waals surface area (Å²) in [4.78, 5) is 24.5. The zero-order chi connectivity index (χ0) is 14.5. The Morgan fingerprint density at radius 2 is 2.05 bits per heavy atom. The number of ether oxygens (including phenoxy) is 2. The summed E-state index contributed by atoms with van der Waals surface area (Å²) >= 11 is 0. The fourth-order valence-corrected chi connectivity index (χ4v) is 2.16. The third-order valence-corrected chi connectivity index (χ3v) is 3.21. The topological polar surface area (TPSA) is 55.8 Å². The van der Waals surface area contributed by atoms with Crippen LogP contribution in [0.5, 0.6) is 0 Å². The molecule has 6 heteroatoms. The van der Waals surface area contributed by atoms with Crippen LogP contribution in [0, 0.1) is 0 Å². The van der Waals surface area contributed by atoms with E-state index in [0.717, 1.165) is 10.5 Å². The first-order valence-electron chi connectivity index (χ1n) is 6.32. The van der Waals surface area contributed by atoms with Crippen molar-refractivity contribution in [2.45, 2.75) is 25.2 Å². The van der Waals surface area contributed by atoms with Crippen LogP contribution in [0.3, 0.4) is 0 Å². The molecule has 1 aromatic rings. The van der Waals surface area contributed by atoms with E-state index in [1.54, 1.807) is 0 Å². The van der Waals surface area contributed by atoms with Gasteiger partial charge < -0.3 is 9.47 Å². The van der Waals surface area contributed by atoms with Crippen molar-refractivity contribution < 1.29 is 23.5 Å². The van der Waals surface area contributed by atoms with Crippen molar-refractivity contribution in [3.63, 3.8) is 0 Å². The lowest BCUT2D eigenvalue weighted by Crippen LogP contribution is -2.44. The van der Waals surface area contributed by atoms with Gasteiger partial charge in [0.1, 0.15) is 12.8 Å². The van der Waals surface area contributed by atoms with Crippen molar-refractivity contribution >= 4 is 12.1 Å². The molecule has 0 aliphatic carbocycles. The summed E-state index contributed by atoms with van der Waals surface area (Å²) in [5, 5.41) is 0. The third kappa shape index (κ3) is 3.07. The van der Waals surface area contributed by atoms with E-state index >= 15 is 0 Å². The first kappa shape index (κ1) is 14.3. The smallest absolute Gasteiger partial charge is 0.410 e. The van der Waals surface area contributed by atoms with E-state index < -0.39 is 24.3 Å². The maximum atomic E-state index is 13.6. The van der Waals surface area contributed by atoms with Gasteiger partial charge in [0.15, 0.2) is 6.04 Å². The van der Waals surface area contributed by atoms with E-state index in [-0.39, 0.29) is 19.6 Å². The predicted molar refractivity (Wildman–Crippen MR) is 68.7 cm³/mol. The monoisotopic (exact) mass is 281 g/mol. The van der Waals surface area contributed by atoms with Crippen LogP contribution in [-0.2, 0) is 20.9 Å². The number of likely N-dealkylation sites (tertiary alicyclic amines) is 1. The zero-order valence-corrected chi connectivity index (χ0v) is 11.1. The summed E-state index contributed by atoms with van der Waals surface area (Å²) in [7, 11) is 1.17. The van der Waals surface area contributed by atoms with E-state index in [9.17, 15) is 14.0 Å². The van der Waals surface area contributed by atoms with Crippen molar-refractivity contribution in [2.75, 3.05) is 13.7 Å². The molecule has 0 spiro atoms. The number of hydrogen-bond donors (Lipinski definition) is 0. The highest BCUT2D eigenvalue weighted by Crippen LogP contribution is 2.23. The average molecular weight is 281 g/mol. The second kappa shape index (κ2) is 6.36. The summed E-state index contributed by atoms with van der Waals surface area (Å²) in [5.41, 5.74) is 0.825. The highest BCUT2D eigenvalue weighted by Gasteiger charge is 2.43.